The number of anilines is 1. The number of benzene rings is 1. The highest BCUT2D eigenvalue weighted by atomic mass is 35.5. The monoisotopic (exact) mass is 382 g/mol. The molecule has 1 fully saturated rings. The maximum absolute atomic E-state index is 12.0. The van der Waals surface area contributed by atoms with Crippen LogP contribution in [0.2, 0.25) is 5.02 Å². The standard InChI is InChI=1S/C17H19ClN2O6/c1-10-6-15(21)13(14(10)8-20(24)25)7-17(23)26-9-16(22)19-12-4-2-11(18)3-5-12/h2-5,10,13-14H,6-9H2,1H3,(H,19,22)/t10-,13+,14-/m1/s1. The van der Waals surface area contributed by atoms with Crippen LogP contribution in [0.1, 0.15) is 19.8 Å². The van der Waals surface area contributed by atoms with Crippen LogP contribution in [0.15, 0.2) is 24.3 Å². The van der Waals surface area contributed by atoms with Gasteiger partial charge in [0.1, 0.15) is 5.78 Å². The molecule has 0 aromatic heterocycles. The number of amides is 1. The highest BCUT2D eigenvalue weighted by Gasteiger charge is 2.44. The number of Topliss-reactive ketones (excluding diaryl/α,β-unsaturated/α-hetero) is 1. The Labute approximate surface area is 155 Å². The summed E-state index contributed by atoms with van der Waals surface area (Å²) in [5.41, 5.74) is 0.501. The van der Waals surface area contributed by atoms with E-state index in [1.54, 1.807) is 31.2 Å². The second kappa shape index (κ2) is 8.75. The van der Waals surface area contributed by atoms with Gasteiger partial charge in [-0.1, -0.05) is 18.5 Å². The molecular formula is C17H19ClN2O6. The fourth-order valence-corrected chi connectivity index (χ4v) is 3.24. The quantitative estimate of drug-likeness (QED) is 0.439. The van der Waals surface area contributed by atoms with Crippen molar-refractivity contribution in [1.29, 1.82) is 0 Å². The molecule has 1 aliphatic rings. The zero-order valence-corrected chi connectivity index (χ0v) is 14.9. The van der Waals surface area contributed by atoms with Gasteiger partial charge in [0.15, 0.2) is 6.61 Å². The largest absolute Gasteiger partial charge is 0.456 e. The molecule has 0 bridgehead atoms. The van der Waals surface area contributed by atoms with E-state index >= 15 is 0 Å². The van der Waals surface area contributed by atoms with Crippen LogP contribution in [-0.2, 0) is 19.1 Å². The number of halogens is 1. The normalized spacial score (nSPS) is 22.1. The lowest BCUT2D eigenvalue weighted by molar-refractivity contribution is -0.490. The molecule has 1 amide bonds. The summed E-state index contributed by atoms with van der Waals surface area (Å²) < 4.78 is 4.90. The number of nitro groups is 1. The first-order chi connectivity index (χ1) is 12.3. The maximum atomic E-state index is 12.0. The van der Waals surface area contributed by atoms with Crippen molar-refractivity contribution in [2.24, 2.45) is 17.8 Å². The number of ether oxygens (including phenoxy) is 1. The minimum Gasteiger partial charge on any atom is -0.456 e. The van der Waals surface area contributed by atoms with E-state index in [1.807, 2.05) is 0 Å². The highest BCUT2D eigenvalue weighted by Crippen LogP contribution is 2.36. The Hall–Kier alpha value is -2.48. The molecule has 0 radical (unpaired) electrons. The molecule has 1 aliphatic carbocycles. The number of carbonyl (C=O) groups excluding carboxylic acids is 3. The summed E-state index contributed by atoms with van der Waals surface area (Å²) in [5.74, 6) is -2.81. The second-order valence-corrected chi connectivity index (χ2v) is 6.79. The molecule has 26 heavy (non-hydrogen) atoms. The van der Waals surface area contributed by atoms with Gasteiger partial charge in [-0.25, -0.2) is 0 Å². The average Bonchev–Trinajstić information content (AvgIpc) is 2.81. The number of rotatable bonds is 7. The van der Waals surface area contributed by atoms with Crippen LogP contribution in [0.25, 0.3) is 0 Å². The lowest BCUT2D eigenvalue weighted by Crippen LogP contribution is -2.28. The average molecular weight is 383 g/mol. The van der Waals surface area contributed by atoms with Crippen molar-refractivity contribution in [2.45, 2.75) is 19.8 Å². The first-order valence-corrected chi connectivity index (χ1v) is 8.49. The number of carbonyl (C=O) groups is 3. The third-order valence-electron chi connectivity index (χ3n) is 4.42. The molecule has 2 rings (SSSR count). The molecular weight excluding hydrogens is 364 g/mol. The number of hydrogen-bond donors (Lipinski definition) is 1. The predicted molar refractivity (Wildman–Crippen MR) is 93.3 cm³/mol. The Morgan fingerprint density at radius 1 is 1.35 bits per heavy atom. The van der Waals surface area contributed by atoms with Crippen molar-refractivity contribution >= 4 is 34.9 Å². The van der Waals surface area contributed by atoms with Gasteiger partial charge >= 0.3 is 5.97 Å². The molecule has 1 saturated carbocycles. The van der Waals surface area contributed by atoms with Gasteiger partial charge in [0.05, 0.1) is 6.42 Å². The van der Waals surface area contributed by atoms with Gasteiger partial charge in [-0.3, -0.25) is 24.5 Å². The van der Waals surface area contributed by atoms with Crippen molar-refractivity contribution in [2.75, 3.05) is 18.5 Å². The Balaban J connectivity index is 1.83. The number of esters is 1. The SMILES string of the molecule is C[C@@H]1CC(=O)[C@@H](CC(=O)OCC(=O)Nc2ccc(Cl)cc2)[C@@H]1C[N+](=O)[O-]. The van der Waals surface area contributed by atoms with E-state index in [2.05, 4.69) is 5.32 Å². The minimum atomic E-state index is -0.734. The lowest BCUT2D eigenvalue weighted by atomic mass is 9.88. The number of nitrogens with one attached hydrogen (secondary N) is 1. The summed E-state index contributed by atoms with van der Waals surface area (Å²) in [6.07, 6.45) is -0.0383. The Morgan fingerprint density at radius 2 is 2.00 bits per heavy atom. The van der Waals surface area contributed by atoms with Crippen LogP contribution in [0.3, 0.4) is 0 Å². The van der Waals surface area contributed by atoms with Crippen LogP contribution in [0, 0.1) is 27.9 Å². The molecule has 140 valence electrons. The molecule has 0 heterocycles. The second-order valence-electron chi connectivity index (χ2n) is 6.35. The molecule has 8 nitrogen and oxygen atoms in total. The third-order valence-corrected chi connectivity index (χ3v) is 4.68. The van der Waals surface area contributed by atoms with Crippen LogP contribution in [0.5, 0.6) is 0 Å². The van der Waals surface area contributed by atoms with Gasteiger partial charge in [-0.15, -0.1) is 0 Å². The Kier molecular flexibility index (Phi) is 6.68. The van der Waals surface area contributed by atoms with Gasteiger partial charge in [-0.2, -0.15) is 0 Å². The van der Waals surface area contributed by atoms with E-state index in [0.29, 0.717) is 10.7 Å². The third kappa shape index (κ3) is 5.52. The molecule has 0 spiro atoms. The maximum Gasteiger partial charge on any atom is 0.307 e. The fraction of sp³-hybridized carbons (Fsp3) is 0.471. The summed E-state index contributed by atoms with van der Waals surface area (Å²) in [5, 5.41) is 13.8. The van der Waals surface area contributed by atoms with Gasteiger partial charge < -0.3 is 10.1 Å². The van der Waals surface area contributed by atoms with Crippen molar-refractivity contribution in [3.05, 3.63) is 39.4 Å². The Morgan fingerprint density at radius 3 is 2.62 bits per heavy atom. The molecule has 0 aliphatic heterocycles. The first-order valence-electron chi connectivity index (χ1n) is 8.11. The van der Waals surface area contributed by atoms with E-state index in [4.69, 9.17) is 16.3 Å². The van der Waals surface area contributed by atoms with Crippen LogP contribution < -0.4 is 5.32 Å². The summed E-state index contributed by atoms with van der Waals surface area (Å²) in [7, 11) is 0. The van der Waals surface area contributed by atoms with E-state index in [1.165, 1.54) is 0 Å². The first kappa shape index (κ1) is 19.8. The van der Waals surface area contributed by atoms with Crippen molar-refractivity contribution < 1.29 is 24.0 Å². The van der Waals surface area contributed by atoms with Gasteiger partial charge in [0.25, 0.3) is 5.91 Å². The molecule has 0 unspecified atom stereocenters. The van der Waals surface area contributed by atoms with Crippen LogP contribution >= 0.6 is 11.6 Å². The minimum absolute atomic E-state index is 0.154. The van der Waals surface area contributed by atoms with E-state index in [9.17, 15) is 24.5 Å². The topological polar surface area (TPSA) is 116 Å². The van der Waals surface area contributed by atoms with E-state index in [-0.39, 0.29) is 31.1 Å². The number of nitrogens with zero attached hydrogens (tertiary/aromatic N) is 1. The van der Waals surface area contributed by atoms with E-state index < -0.39 is 35.2 Å². The molecule has 3 atom stereocenters. The molecule has 9 heteroatoms. The lowest BCUT2D eigenvalue weighted by Gasteiger charge is -2.17. The van der Waals surface area contributed by atoms with Crippen LogP contribution in [-0.4, -0.2) is 35.7 Å². The zero-order valence-electron chi connectivity index (χ0n) is 14.1. The van der Waals surface area contributed by atoms with Gasteiger partial charge in [0, 0.05) is 33.9 Å². The molecule has 1 aromatic rings. The van der Waals surface area contributed by atoms with Crippen LogP contribution in [0.4, 0.5) is 5.69 Å². The van der Waals surface area contributed by atoms with Crippen molar-refractivity contribution in [3.63, 3.8) is 0 Å². The molecule has 1 N–H and O–H groups in total. The molecule has 1 aromatic carbocycles. The predicted octanol–water partition coefficient (Wildman–Crippen LogP) is 2.33. The summed E-state index contributed by atoms with van der Waals surface area (Å²) in [4.78, 5) is 46.0. The summed E-state index contributed by atoms with van der Waals surface area (Å²) in [6, 6.07) is 6.41. The van der Waals surface area contributed by atoms with Gasteiger partial charge in [0.2, 0.25) is 6.54 Å². The van der Waals surface area contributed by atoms with Crippen molar-refractivity contribution in [3.8, 4) is 0 Å². The van der Waals surface area contributed by atoms with Crippen molar-refractivity contribution in [1.82, 2.24) is 0 Å². The zero-order chi connectivity index (χ0) is 19.3. The highest BCUT2D eigenvalue weighted by molar-refractivity contribution is 6.30. The van der Waals surface area contributed by atoms with Gasteiger partial charge in [-0.05, 0) is 30.2 Å². The molecule has 0 saturated heterocycles. The smallest absolute Gasteiger partial charge is 0.307 e. The summed E-state index contributed by atoms with van der Waals surface area (Å²) in [6.45, 7) is 0.899. The fourth-order valence-electron chi connectivity index (χ4n) is 3.11. The van der Waals surface area contributed by atoms with E-state index in [0.717, 1.165) is 0 Å². The number of ketones is 1. The Bertz CT molecular complexity index is 706. The summed E-state index contributed by atoms with van der Waals surface area (Å²) >= 11 is 5.75. The number of hydrogen-bond acceptors (Lipinski definition) is 6.